The number of nitrogens with zero attached hydrogens (tertiary/aromatic N) is 1. The van der Waals surface area contributed by atoms with E-state index in [0.717, 1.165) is 32.8 Å². The van der Waals surface area contributed by atoms with E-state index < -0.39 is 8.32 Å². The van der Waals surface area contributed by atoms with Gasteiger partial charge in [0.2, 0.25) is 0 Å². The molecule has 1 saturated heterocycles. The average molecular weight is 399 g/mol. The van der Waals surface area contributed by atoms with Crippen molar-refractivity contribution in [1.29, 1.82) is 0 Å². The van der Waals surface area contributed by atoms with E-state index in [-0.39, 0.29) is 11.1 Å². The zero-order chi connectivity index (χ0) is 20.0. The second-order valence-corrected chi connectivity index (χ2v) is 13.0. The Bertz CT molecular complexity index is 673. The number of rotatable bonds is 7. The molecule has 0 aromatic heterocycles. The van der Waals surface area contributed by atoms with Crippen LogP contribution in [0.5, 0.6) is 0 Å². The fourth-order valence-electron chi connectivity index (χ4n) is 4.16. The standard InChI is InChI=1S/C23H34N2O2Si/c1-23(2,3)28(21-10-6-4-7-11-21,22-12-8-5-9-13-22)27-19-20(24)18-25-14-16-26-17-15-25/h4-13,20H,14-19,24H2,1-3H3/t20-/m1/s1. The van der Waals surface area contributed by atoms with Crippen LogP contribution in [0.1, 0.15) is 20.8 Å². The van der Waals surface area contributed by atoms with Crippen LogP contribution in [-0.2, 0) is 9.16 Å². The summed E-state index contributed by atoms with van der Waals surface area (Å²) in [7, 11) is -2.50. The van der Waals surface area contributed by atoms with Crippen molar-refractivity contribution in [3.63, 3.8) is 0 Å². The molecule has 1 heterocycles. The summed E-state index contributed by atoms with van der Waals surface area (Å²) < 4.78 is 12.4. The highest BCUT2D eigenvalue weighted by Crippen LogP contribution is 2.36. The highest BCUT2D eigenvalue weighted by molar-refractivity contribution is 6.99. The molecule has 1 atom stereocenters. The molecule has 152 valence electrons. The smallest absolute Gasteiger partial charge is 0.261 e. The normalized spacial score (nSPS) is 17.4. The van der Waals surface area contributed by atoms with Crippen LogP contribution < -0.4 is 16.1 Å². The first-order chi connectivity index (χ1) is 13.4. The van der Waals surface area contributed by atoms with Gasteiger partial charge in [0.1, 0.15) is 0 Å². The van der Waals surface area contributed by atoms with E-state index in [4.69, 9.17) is 14.9 Å². The SMILES string of the molecule is CC(C)(C)[Si](OC[C@H](N)CN1CCOCC1)(c1ccccc1)c1ccccc1. The Labute approximate surface area is 170 Å². The van der Waals surface area contributed by atoms with Crippen LogP contribution in [0.2, 0.25) is 5.04 Å². The predicted octanol–water partition coefficient (Wildman–Crippen LogP) is 2.22. The number of hydrogen-bond donors (Lipinski definition) is 1. The second-order valence-electron chi connectivity index (χ2n) is 8.65. The van der Waals surface area contributed by atoms with E-state index in [1.165, 1.54) is 10.4 Å². The van der Waals surface area contributed by atoms with Crippen molar-refractivity contribution in [3.8, 4) is 0 Å². The fraction of sp³-hybridized carbons (Fsp3) is 0.478. The predicted molar refractivity (Wildman–Crippen MR) is 119 cm³/mol. The maximum Gasteiger partial charge on any atom is 0.261 e. The summed E-state index contributed by atoms with van der Waals surface area (Å²) in [4.78, 5) is 2.38. The van der Waals surface area contributed by atoms with Crippen LogP contribution in [-0.4, -0.2) is 58.7 Å². The molecule has 0 unspecified atom stereocenters. The van der Waals surface area contributed by atoms with Gasteiger partial charge in [0.15, 0.2) is 0 Å². The molecule has 0 bridgehead atoms. The summed E-state index contributed by atoms with van der Waals surface area (Å²) in [6.07, 6.45) is 0. The molecule has 4 nitrogen and oxygen atoms in total. The Morgan fingerprint density at radius 3 is 1.93 bits per heavy atom. The molecule has 1 fully saturated rings. The van der Waals surface area contributed by atoms with Crippen LogP contribution in [0.4, 0.5) is 0 Å². The molecule has 2 N–H and O–H groups in total. The molecular formula is C23H34N2O2Si. The Morgan fingerprint density at radius 1 is 0.964 bits per heavy atom. The summed E-state index contributed by atoms with van der Waals surface area (Å²) in [6, 6.07) is 21.5. The zero-order valence-electron chi connectivity index (χ0n) is 17.4. The minimum atomic E-state index is -2.50. The van der Waals surface area contributed by atoms with Crippen LogP contribution in [0.3, 0.4) is 0 Å². The summed E-state index contributed by atoms with van der Waals surface area (Å²) in [5.74, 6) is 0. The van der Waals surface area contributed by atoms with Crippen molar-refractivity contribution in [1.82, 2.24) is 4.90 Å². The average Bonchev–Trinajstić information content (AvgIpc) is 2.70. The van der Waals surface area contributed by atoms with Crippen LogP contribution in [0.15, 0.2) is 60.7 Å². The number of ether oxygens (including phenoxy) is 1. The molecular weight excluding hydrogens is 364 g/mol. The fourth-order valence-corrected chi connectivity index (χ4v) is 8.78. The van der Waals surface area contributed by atoms with Gasteiger partial charge in [-0.2, -0.15) is 0 Å². The van der Waals surface area contributed by atoms with Crippen molar-refractivity contribution < 1.29 is 9.16 Å². The number of hydrogen-bond acceptors (Lipinski definition) is 4. The molecule has 0 radical (unpaired) electrons. The van der Waals surface area contributed by atoms with Gasteiger partial charge >= 0.3 is 0 Å². The van der Waals surface area contributed by atoms with Gasteiger partial charge in [-0.1, -0.05) is 81.4 Å². The van der Waals surface area contributed by atoms with Crippen LogP contribution >= 0.6 is 0 Å². The first kappa shape index (κ1) is 21.2. The second kappa shape index (κ2) is 9.33. The maximum absolute atomic E-state index is 6.93. The lowest BCUT2D eigenvalue weighted by molar-refractivity contribution is 0.0328. The van der Waals surface area contributed by atoms with E-state index in [0.29, 0.717) is 6.61 Å². The van der Waals surface area contributed by atoms with Crippen molar-refractivity contribution in [2.24, 2.45) is 5.73 Å². The molecule has 1 aliphatic heterocycles. The lowest BCUT2D eigenvalue weighted by Crippen LogP contribution is -2.67. The first-order valence-electron chi connectivity index (χ1n) is 10.2. The van der Waals surface area contributed by atoms with E-state index in [9.17, 15) is 0 Å². The summed E-state index contributed by atoms with van der Waals surface area (Å²) in [6.45, 7) is 11.8. The lowest BCUT2D eigenvalue weighted by atomic mass is 10.2. The summed E-state index contributed by atoms with van der Waals surface area (Å²) >= 11 is 0. The lowest BCUT2D eigenvalue weighted by Gasteiger charge is -2.43. The largest absolute Gasteiger partial charge is 0.406 e. The van der Waals surface area contributed by atoms with E-state index in [1.807, 2.05) is 0 Å². The highest BCUT2D eigenvalue weighted by Gasteiger charge is 2.50. The first-order valence-corrected chi connectivity index (χ1v) is 12.1. The molecule has 28 heavy (non-hydrogen) atoms. The van der Waals surface area contributed by atoms with Crippen molar-refractivity contribution >= 4 is 18.7 Å². The van der Waals surface area contributed by atoms with Crippen molar-refractivity contribution in [2.75, 3.05) is 39.5 Å². The Morgan fingerprint density at radius 2 is 1.46 bits per heavy atom. The third-order valence-corrected chi connectivity index (χ3v) is 10.5. The third kappa shape index (κ3) is 4.73. The topological polar surface area (TPSA) is 47.7 Å². The highest BCUT2D eigenvalue weighted by atomic mass is 28.4. The van der Waals surface area contributed by atoms with Gasteiger partial charge in [-0.15, -0.1) is 0 Å². The van der Waals surface area contributed by atoms with Gasteiger partial charge in [0.25, 0.3) is 8.32 Å². The van der Waals surface area contributed by atoms with E-state index in [1.54, 1.807) is 0 Å². The van der Waals surface area contributed by atoms with E-state index >= 15 is 0 Å². The maximum atomic E-state index is 6.93. The monoisotopic (exact) mass is 398 g/mol. The molecule has 3 rings (SSSR count). The molecule has 1 aliphatic rings. The molecule has 0 aliphatic carbocycles. The summed E-state index contributed by atoms with van der Waals surface area (Å²) in [5, 5.41) is 2.58. The number of morpholine rings is 1. The molecule has 2 aromatic rings. The Balaban J connectivity index is 1.87. The molecule has 2 aromatic carbocycles. The van der Waals surface area contributed by atoms with Gasteiger partial charge in [-0.3, -0.25) is 4.90 Å². The van der Waals surface area contributed by atoms with E-state index in [2.05, 4.69) is 86.3 Å². The van der Waals surface area contributed by atoms with Gasteiger partial charge < -0.3 is 14.9 Å². The van der Waals surface area contributed by atoms with Gasteiger partial charge in [-0.25, -0.2) is 0 Å². The van der Waals surface area contributed by atoms with Gasteiger partial charge in [-0.05, 0) is 15.4 Å². The van der Waals surface area contributed by atoms with Gasteiger partial charge in [0, 0.05) is 25.7 Å². The van der Waals surface area contributed by atoms with Crippen molar-refractivity contribution in [2.45, 2.75) is 31.9 Å². The van der Waals surface area contributed by atoms with Crippen molar-refractivity contribution in [3.05, 3.63) is 60.7 Å². The Hall–Kier alpha value is -1.50. The molecule has 5 heteroatoms. The number of benzene rings is 2. The molecule has 0 spiro atoms. The minimum absolute atomic E-state index is 0.0141. The van der Waals surface area contributed by atoms with Crippen LogP contribution in [0.25, 0.3) is 0 Å². The minimum Gasteiger partial charge on any atom is -0.406 e. The Kier molecular flexibility index (Phi) is 7.07. The van der Waals surface area contributed by atoms with Crippen LogP contribution in [0, 0.1) is 0 Å². The van der Waals surface area contributed by atoms with Gasteiger partial charge in [0.05, 0.1) is 19.8 Å². The summed E-state index contributed by atoms with van der Waals surface area (Å²) in [5.41, 5.74) is 6.53. The molecule has 0 amide bonds. The third-order valence-electron chi connectivity index (χ3n) is 5.53. The molecule has 0 saturated carbocycles. The quantitative estimate of drug-likeness (QED) is 0.727. The zero-order valence-corrected chi connectivity index (χ0v) is 18.4. The number of nitrogens with two attached hydrogens (primary N) is 1.